The molecule has 0 aromatic heterocycles. The van der Waals surface area contributed by atoms with Crippen molar-refractivity contribution in [3.8, 4) is 0 Å². The predicted octanol–water partition coefficient (Wildman–Crippen LogP) is 0.856. The van der Waals surface area contributed by atoms with Crippen LogP contribution in [-0.2, 0) is 14.3 Å². The van der Waals surface area contributed by atoms with Crippen molar-refractivity contribution in [2.45, 2.75) is 32.3 Å². The first-order valence-corrected chi connectivity index (χ1v) is 7.01. The van der Waals surface area contributed by atoms with E-state index in [0.717, 1.165) is 19.4 Å². The molecule has 2 heterocycles. The number of nitrogens with zero attached hydrogens (tertiary/aromatic N) is 2. The van der Waals surface area contributed by atoms with E-state index in [2.05, 4.69) is 0 Å². The Labute approximate surface area is 113 Å². The average molecular weight is 270 g/mol. The molecule has 2 fully saturated rings. The lowest BCUT2D eigenvalue weighted by molar-refractivity contribution is -0.135. The Kier molecular flexibility index (Phi) is 5.01. The standard InChI is InChI=1S/C13H22N2O4/c1-2-18-13(17)15-7-5-14(6-8-15)12(16)10-11-4-3-9-19-11/h11H,2-10H2,1H3. The zero-order valence-corrected chi connectivity index (χ0v) is 11.5. The molecule has 108 valence electrons. The summed E-state index contributed by atoms with van der Waals surface area (Å²) >= 11 is 0. The molecule has 2 rings (SSSR count). The Bertz CT molecular complexity index is 321. The zero-order valence-electron chi connectivity index (χ0n) is 11.5. The van der Waals surface area contributed by atoms with Gasteiger partial charge >= 0.3 is 6.09 Å². The molecule has 2 aliphatic heterocycles. The number of ether oxygens (including phenoxy) is 2. The molecule has 0 aromatic carbocycles. The molecule has 2 saturated heterocycles. The van der Waals surface area contributed by atoms with Crippen molar-refractivity contribution >= 4 is 12.0 Å². The molecule has 1 atom stereocenters. The molecule has 2 aliphatic rings. The van der Waals surface area contributed by atoms with Gasteiger partial charge < -0.3 is 19.3 Å². The summed E-state index contributed by atoms with van der Waals surface area (Å²) in [6, 6.07) is 0. The molecular formula is C13H22N2O4. The van der Waals surface area contributed by atoms with E-state index in [0.29, 0.717) is 39.2 Å². The summed E-state index contributed by atoms with van der Waals surface area (Å²) in [5, 5.41) is 0. The maximum Gasteiger partial charge on any atom is 0.409 e. The van der Waals surface area contributed by atoms with E-state index in [-0.39, 0.29) is 18.1 Å². The van der Waals surface area contributed by atoms with Crippen molar-refractivity contribution in [1.29, 1.82) is 0 Å². The monoisotopic (exact) mass is 270 g/mol. The van der Waals surface area contributed by atoms with Crippen LogP contribution in [0.25, 0.3) is 0 Å². The highest BCUT2D eigenvalue weighted by Crippen LogP contribution is 2.17. The molecule has 0 N–H and O–H groups in total. The average Bonchev–Trinajstić information content (AvgIpc) is 2.92. The van der Waals surface area contributed by atoms with E-state index in [1.54, 1.807) is 11.8 Å². The molecule has 0 aliphatic carbocycles. The lowest BCUT2D eigenvalue weighted by Gasteiger charge is -2.34. The van der Waals surface area contributed by atoms with Gasteiger partial charge in [-0.25, -0.2) is 4.79 Å². The molecule has 0 aromatic rings. The van der Waals surface area contributed by atoms with E-state index in [4.69, 9.17) is 9.47 Å². The molecule has 1 unspecified atom stereocenters. The summed E-state index contributed by atoms with van der Waals surface area (Å²) in [6.07, 6.45) is 2.31. The van der Waals surface area contributed by atoms with Crippen molar-refractivity contribution in [2.24, 2.45) is 0 Å². The van der Waals surface area contributed by atoms with Crippen LogP contribution in [0.2, 0.25) is 0 Å². The van der Waals surface area contributed by atoms with Gasteiger partial charge in [-0.1, -0.05) is 0 Å². The first-order chi connectivity index (χ1) is 9.20. The third-order valence-electron chi connectivity index (χ3n) is 3.58. The summed E-state index contributed by atoms with van der Waals surface area (Å²) in [4.78, 5) is 27.1. The zero-order chi connectivity index (χ0) is 13.7. The van der Waals surface area contributed by atoms with E-state index in [9.17, 15) is 9.59 Å². The second-order valence-corrected chi connectivity index (χ2v) is 4.91. The summed E-state index contributed by atoms with van der Waals surface area (Å²) in [5.74, 6) is 0.135. The van der Waals surface area contributed by atoms with Crippen LogP contribution in [0.4, 0.5) is 4.79 Å². The predicted molar refractivity (Wildman–Crippen MR) is 68.8 cm³/mol. The van der Waals surface area contributed by atoms with E-state index in [1.165, 1.54) is 0 Å². The maximum atomic E-state index is 12.1. The highest BCUT2D eigenvalue weighted by molar-refractivity contribution is 5.77. The fourth-order valence-corrected chi connectivity index (χ4v) is 2.48. The lowest BCUT2D eigenvalue weighted by atomic mass is 10.1. The molecule has 19 heavy (non-hydrogen) atoms. The minimum absolute atomic E-state index is 0.0931. The number of carbonyl (C=O) groups excluding carboxylic acids is 2. The van der Waals surface area contributed by atoms with Crippen LogP contribution in [-0.4, -0.2) is 67.3 Å². The third-order valence-corrected chi connectivity index (χ3v) is 3.58. The van der Waals surface area contributed by atoms with Gasteiger partial charge in [0.05, 0.1) is 19.1 Å². The smallest absolute Gasteiger partial charge is 0.409 e. The number of hydrogen-bond donors (Lipinski definition) is 0. The van der Waals surface area contributed by atoms with Gasteiger partial charge in [0.2, 0.25) is 5.91 Å². The Morgan fingerprint density at radius 3 is 2.47 bits per heavy atom. The maximum absolute atomic E-state index is 12.1. The SMILES string of the molecule is CCOC(=O)N1CCN(C(=O)CC2CCCO2)CC1. The van der Waals surface area contributed by atoms with Crippen molar-refractivity contribution in [3.05, 3.63) is 0 Å². The van der Waals surface area contributed by atoms with Crippen molar-refractivity contribution < 1.29 is 19.1 Å². The van der Waals surface area contributed by atoms with Crippen LogP contribution < -0.4 is 0 Å². The van der Waals surface area contributed by atoms with Gasteiger partial charge in [0, 0.05) is 32.8 Å². The van der Waals surface area contributed by atoms with E-state index in [1.807, 2.05) is 4.90 Å². The Morgan fingerprint density at radius 2 is 1.89 bits per heavy atom. The quantitative estimate of drug-likeness (QED) is 0.763. The third kappa shape index (κ3) is 3.83. The fourth-order valence-electron chi connectivity index (χ4n) is 2.48. The van der Waals surface area contributed by atoms with Gasteiger partial charge in [0.1, 0.15) is 0 Å². The van der Waals surface area contributed by atoms with Crippen LogP contribution in [0.5, 0.6) is 0 Å². The van der Waals surface area contributed by atoms with Crippen LogP contribution in [0, 0.1) is 0 Å². The van der Waals surface area contributed by atoms with Crippen molar-refractivity contribution in [1.82, 2.24) is 9.80 Å². The molecular weight excluding hydrogens is 248 g/mol. The van der Waals surface area contributed by atoms with Crippen LogP contribution >= 0.6 is 0 Å². The minimum Gasteiger partial charge on any atom is -0.450 e. The van der Waals surface area contributed by atoms with Crippen LogP contribution in [0.1, 0.15) is 26.2 Å². The Balaban J connectivity index is 1.72. The van der Waals surface area contributed by atoms with Crippen LogP contribution in [0.15, 0.2) is 0 Å². The molecule has 2 amide bonds. The molecule has 0 radical (unpaired) electrons. The summed E-state index contributed by atoms with van der Waals surface area (Å²) in [5.41, 5.74) is 0. The minimum atomic E-state index is -0.284. The van der Waals surface area contributed by atoms with Crippen molar-refractivity contribution in [3.63, 3.8) is 0 Å². The van der Waals surface area contributed by atoms with E-state index >= 15 is 0 Å². The van der Waals surface area contributed by atoms with Crippen LogP contribution in [0.3, 0.4) is 0 Å². The van der Waals surface area contributed by atoms with E-state index < -0.39 is 0 Å². The summed E-state index contributed by atoms with van der Waals surface area (Å²) < 4.78 is 10.4. The first kappa shape index (κ1) is 14.1. The number of piperazine rings is 1. The molecule has 0 bridgehead atoms. The second-order valence-electron chi connectivity index (χ2n) is 4.91. The van der Waals surface area contributed by atoms with Crippen molar-refractivity contribution in [2.75, 3.05) is 39.4 Å². The number of carbonyl (C=O) groups is 2. The highest BCUT2D eigenvalue weighted by Gasteiger charge is 2.27. The Hall–Kier alpha value is -1.30. The number of hydrogen-bond acceptors (Lipinski definition) is 4. The molecule has 6 nitrogen and oxygen atoms in total. The highest BCUT2D eigenvalue weighted by atomic mass is 16.6. The Morgan fingerprint density at radius 1 is 1.21 bits per heavy atom. The second kappa shape index (κ2) is 6.75. The molecule has 0 saturated carbocycles. The summed E-state index contributed by atoms with van der Waals surface area (Å²) in [7, 11) is 0. The van der Waals surface area contributed by atoms with Gasteiger partial charge in [-0.2, -0.15) is 0 Å². The van der Waals surface area contributed by atoms with Gasteiger partial charge in [-0.05, 0) is 19.8 Å². The van der Waals surface area contributed by atoms with Gasteiger partial charge in [-0.3, -0.25) is 4.79 Å². The molecule has 6 heteroatoms. The van der Waals surface area contributed by atoms with Gasteiger partial charge in [0.25, 0.3) is 0 Å². The largest absolute Gasteiger partial charge is 0.450 e. The first-order valence-electron chi connectivity index (χ1n) is 7.01. The normalized spacial score (nSPS) is 23.5. The number of amides is 2. The molecule has 0 spiro atoms. The topological polar surface area (TPSA) is 59.1 Å². The number of rotatable bonds is 3. The fraction of sp³-hybridized carbons (Fsp3) is 0.846. The van der Waals surface area contributed by atoms with Gasteiger partial charge in [-0.15, -0.1) is 0 Å². The lowest BCUT2D eigenvalue weighted by Crippen LogP contribution is -2.51. The van der Waals surface area contributed by atoms with Gasteiger partial charge in [0.15, 0.2) is 0 Å². The summed E-state index contributed by atoms with van der Waals surface area (Å²) in [6.45, 7) is 5.23.